The first-order valence-corrected chi connectivity index (χ1v) is 5.49. The predicted octanol–water partition coefficient (Wildman–Crippen LogP) is 1.93. The van der Waals surface area contributed by atoms with Crippen molar-refractivity contribution in [3.63, 3.8) is 0 Å². The molecule has 4 nitrogen and oxygen atoms in total. The van der Waals surface area contributed by atoms with Gasteiger partial charge >= 0.3 is 0 Å². The fourth-order valence-electron chi connectivity index (χ4n) is 1.35. The zero-order valence-electron chi connectivity index (χ0n) is 9.77. The molecule has 15 heavy (non-hydrogen) atoms. The molecule has 1 aromatic heterocycles. The maximum absolute atomic E-state index is 5.55. The first-order valence-electron chi connectivity index (χ1n) is 5.49. The highest BCUT2D eigenvalue weighted by Gasteiger charge is 2.10. The van der Waals surface area contributed by atoms with Gasteiger partial charge in [-0.1, -0.05) is 20.3 Å². The summed E-state index contributed by atoms with van der Waals surface area (Å²) in [6.07, 6.45) is 4.48. The van der Waals surface area contributed by atoms with Gasteiger partial charge in [0.05, 0.1) is 18.1 Å². The summed E-state index contributed by atoms with van der Waals surface area (Å²) in [7, 11) is 0. The highest BCUT2D eigenvalue weighted by molar-refractivity contribution is 5.37. The molecule has 0 aliphatic rings. The van der Waals surface area contributed by atoms with Crippen LogP contribution in [0.15, 0.2) is 12.4 Å². The van der Waals surface area contributed by atoms with Crippen molar-refractivity contribution in [2.75, 3.05) is 23.7 Å². The van der Waals surface area contributed by atoms with Crippen molar-refractivity contribution in [3.05, 3.63) is 12.4 Å². The van der Waals surface area contributed by atoms with Crippen molar-refractivity contribution < 1.29 is 0 Å². The SMILES string of the molecule is CCC(C)CN(CC)c1ncc(N)cn1. The van der Waals surface area contributed by atoms with Crippen LogP contribution in [0.5, 0.6) is 0 Å². The normalized spacial score (nSPS) is 12.5. The molecule has 0 amide bonds. The number of hydrogen-bond donors (Lipinski definition) is 1. The third-order valence-electron chi connectivity index (χ3n) is 2.55. The van der Waals surface area contributed by atoms with Crippen molar-refractivity contribution >= 4 is 11.6 Å². The van der Waals surface area contributed by atoms with E-state index in [9.17, 15) is 0 Å². The molecule has 1 rings (SSSR count). The van der Waals surface area contributed by atoms with E-state index in [2.05, 4.69) is 35.6 Å². The van der Waals surface area contributed by atoms with Gasteiger partial charge in [-0.15, -0.1) is 0 Å². The molecule has 1 unspecified atom stereocenters. The maximum Gasteiger partial charge on any atom is 0.225 e. The highest BCUT2D eigenvalue weighted by Crippen LogP contribution is 2.11. The number of anilines is 2. The molecule has 1 atom stereocenters. The first kappa shape index (κ1) is 11.8. The summed E-state index contributed by atoms with van der Waals surface area (Å²) in [5.41, 5.74) is 6.16. The van der Waals surface area contributed by atoms with E-state index in [0.29, 0.717) is 11.6 Å². The molecule has 0 saturated carbocycles. The van der Waals surface area contributed by atoms with E-state index in [1.54, 1.807) is 12.4 Å². The second kappa shape index (κ2) is 5.53. The third kappa shape index (κ3) is 3.38. The lowest BCUT2D eigenvalue weighted by atomic mass is 10.1. The van der Waals surface area contributed by atoms with Crippen LogP contribution in [0.2, 0.25) is 0 Å². The van der Waals surface area contributed by atoms with Gasteiger partial charge < -0.3 is 10.6 Å². The minimum absolute atomic E-state index is 0.610. The fraction of sp³-hybridized carbons (Fsp3) is 0.636. The summed E-state index contributed by atoms with van der Waals surface area (Å²) in [6.45, 7) is 8.47. The summed E-state index contributed by atoms with van der Waals surface area (Å²) >= 11 is 0. The zero-order valence-corrected chi connectivity index (χ0v) is 9.77. The zero-order chi connectivity index (χ0) is 11.3. The second-order valence-electron chi connectivity index (χ2n) is 3.87. The van der Waals surface area contributed by atoms with Gasteiger partial charge in [-0.2, -0.15) is 0 Å². The highest BCUT2D eigenvalue weighted by atomic mass is 15.2. The molecule has 0 bridgehead atoms. The minimum Gasteiger partial charge on any atom is -0.396 e. The van der Waals surface area contributed by atoms with Gasteiger partial charge in [-0.25, -0.2) is 9.97 Å². The molecule has 0 aliphatic carbocycles. The van der Waals surface area contributed by atoms with E-state index in [0.717, 1.165) is 19.0 Å². The van der Waals surface area contributed by atoms with Crippen LogP contribution >= 0.6 is 0 Å². The standard InChI is InChI=1S/C11H20N4/c1-4-9(3)8-15(5-2)11-13-6-10(12)7-14-11/h6-7,9H,4-5,8,12H2,1-3H3. The molecular weight excluding hydrogens is 188 g/mol. The Morgan fingerprint density at radius 1 is 1.33 bits per heavy atom. The third-order valence-corrected chi connectivity index (χ3v) is 2.55. The Morgan fingerprint density at radius 2 is 1.93 bits per heavy atom. The molecule has 0 aromatic carbocycles. The van der Waals surface area contributed by atoms with E-state index in [1.165, 1.54) is 6.42 Å². The van der Waals surface area contributed by atoms with Crippen LogP contribution in [0.25, 0.3) is 0 Å². The number of hydrogen-bond acceptors (Lipinski definition) is 4. The Labute approximate surface area is 91.5 Å². The van der Waals surface area contributed by atoms with Crippen LogP contribution in [-0.4, -0.2) is 23.1 Å². The molecule has 4 heteroatoms. The number of aromatic nitrogens is 2. The summed E-state index contributed by atoms with van der Waals surface area (Å²) in [6, 6.07) is 0. The molecule has 0 spiro atoms. The quantitative estimate of drug-likeness (QED) is 0.803. The molecule has 1 aromatic rings. The maximum atomic E-state index is 5.55. The van der Waals surface area contributed by atoms with Crippen molar-refractivity contribution in [1.82, 2.24) is 9.97 Å². The van der Waals surface area contributed by atoms with Crippen molar-refractivity contribution in [2.24, 2.45) is 5.92 Å². The number of nitrogens with zero attached hydrogens (tertiary/aromatic N) is 3. The number of nitrogen functional groups attached to an aromatic ring is 1. The van der Waals surface area contributed by atoms with Crippen LogP contribution < -0.4 is 10.6 Å². The number of rotatable bonds is 5. The molecule has 84 valence electrons. The van der Waals surface area contributed by atoms with Gasteiger partial charge in [0, 0.05) is 13.1 Å². The molecule has 0 saturated heterocycles. The Kier molecular flexibility index (Phi) is 4.34. The van der Waals surface area contributed by atoms with Crippen LogP contribution in [0, 0.1) is 5.92 Å². The van der Waals surface area contributed by atoms with Crippen molar-refractivity contribution in [1.29, 1.82) is 0 Å². The molecule has 2 N–H and O–H groups in total. The lowest BCUT2D eigenvalue weighted by molar-refractivity contribution is 0.542. The van der Waals surface area contributed by atoms with Gasteiger partial charge in [-0.3, -0.25) is 0 Å². The van der Waals surface area contributed by atoms with Crippen molar-refractivity contribution in [3.8, 4) is 0 Å². The predicted molar refractivity (Wildman–Crippen MR) is 63.8 cm³/mol. The molecule has 0 radical (unpaired) electrons. The average molecular weight is 208 g/mol. The first-order chi connectivity index (χ1) is 7.17. The van der Waals surface area contributed by atoms with Crippen LogP contribution in [-0.2, 0) is 0 Å². The van der Waals surface area contributed by atoms with Crippen LogP contribution in [0.3, 0.4) is 0 Å². The van der Waals surface area contributed by atoms with Crippen molar-refractivity contribution in [2.45, 2.75) is 27.2 Å². The largest absolute Gasteiger partial charge is 0.396 e. The summed E-state index contributed by atoms with van der Waals surface area (Å²) in [5, 5.41) is 0. The van der Waals surface area contributed by atoms with E-state index < -0.39 is 0 Å². The molecule has 0 fully saturated rings. The van der Waals surface area contributed by atoms with E-state index in [4.69, 9.17) is 5.73 Å². The lowest BCUT2D eigenvalue weighted by Crippen LogP contribution is -2.29. The lowest BCUT2D eigenvalue weighted by Gasteiger charge is -2.23. The topological polar surface area (TPSA) is 55.0 Å². The summed E-state index contributed by atoms with van der Waals surface area (Å²) in [5.74, 6) is 1.43. The minimum atomic E-state index is 0.610. The average Bonchev–Trinajstić information content (AvgIpc) is 2.27. The fourth-order valence-corrected chi connectivity index (χ4v) is 1.35. The molecule has 1 heterocycles. The van der Waals surface area contributed by atoms with E-state index >= 15 is 0 Å². The van der Waals surface area contributed by atoms with Crippen LogP contribution in [0.4, 0.5) is 11.6 Å². The van der Waals surface area contributed by atoms with Crippen LogP contribution in [0.1, 0.15) is 27.2 Å². The Hall–Kier alpha value is -1.32. The Morgan fingerprint density at radius 3 is 2.40 bits per heavy atom. The van der Waals surface area contributed by atoms with Gasteiger partial charge in [0.25, 0.3) is 0 Å². The monoisotopic (exact) mass is 208 g/mol. The smallest absolute Gasteiger partial charge is 0.225 e. The Balaban J connectivity index is 2.69. The molecule has 0 aliphatic heterocycles. The van der Waals surface area contributed by atoms with E-state index in [-0.39, 0.29) is 0 Å². The number of nitrogens with two attached hydrogens (primary N) is 1. The molecular formula is C11H20N4. The van der Waals surface area contributed by atoms with E-state index in [1.807, 2.05) is 0 Å². The summed E-state index contributed by atoms with van der Waals surface area (Å²) in [4.78, 5) is 10.6. The Bertz CT molecular complexity index is 283. The second-order valence-corrected chi connectivity index (χ2v) is 3.87. The summed E-state index contributed by atoms with van der Waals surface area (Å²) < 4.78 is 0. The van der Waals surface area contributed by atoms with Gasteiger partial charge in [0.1, 0.15) is 0 Å². The van der Waals surface area contributed by atoms with Gasteiger partial charge in [0.2, 0.25) is 5.95 Å². The van der Waals surface area contributed by atoms with Gasteiger partial charge in [0.15, 0.2) is 0 Å². The van der Waals surface area contributed by atoms with Gasteiger partial charge in [-0.05, 0) is 12.8 Å².